The van der Waals surface area contributed by atoms with Crippen LogP contribution < -0.4 is 5.32 Å². The first-order valence-corrected chi connectivity index (χ1v) is 7.31. The highest BCUT2D eigenvalue weighted by Crippen LogP contribution is 2.35. The molecule has 0 aromatic carbocycles. The molecule has 1 unspecified atom stereocenters. The van der Waals surface area contributed by atoms with Crippen LogP contribution in [-0.4, -0.2) is 38.0 Å². The van der Waals surface area contributed by atoms with Gasteiger partial charge in [-0.25, -0.2) is 0 Å². The Morgan fingerprint density at radius 3 is 2.65 bits per heavy atom. The van der Waals surface area contributed by atoms with Gasteiger partial charge in [0, 0.05) is 25.9 Å². The van der Waals surface area contributed by atoms with Gasteiger partial charge in [-0.3, -0.25) is 0 Å². The van der Waals surface area contributed by atoms with Gasteiger partial charge in [-0.2, -0.15) is 0 Å². The first kappa shape index (κ1) is 11.9. The Kier molecular flexibility index (Phi) is 3.69. The second-order valence-electron chi connectivity index (χ2n) is 6.02. The molecular weight excluding hydrogens is 214 g/mol. The van der Waals surface area contributed by atoms with Crippen molar-refractivity contribution in [2.24, 2.45) is 5.92 Å². The Morgan fingerprint density at radius 2 is 1.88 bits per heavy atom. The fourth-order valence-electron chi connectivity index (χ4n) is 3.19. The molecule has 0 radical (unpaired) electrons. The maximum atomic E-state index is 6.06. The van der Waals surface area contributed by atoms with Crippen LogP contribution in [0.4, 0.5) is 0 Å². The van der Waals surface area contributed by atoms with Crippen LogP contribution in [0.25, 0.3) is 0 Å². The molecule has 2 heterocycles. The molecule has 2 aliphatic heterocycles. The highest BCUT2D eigenvalue weighted by Gasteiger charge is 2.38. The summed E-state index contributed by atoms with van der Waals surface area (Å²) in [5.41, 5.74) is 0.147. The van der Waals surface area contributed by atoms with E-state index in [0.29, 0.717) is 6.04 Å². The van der Waals surface area contributed by atoms with Crippen LogP contribution in [0, 0.1) is 5.92 Å². The third kappa shape index (κ3) is 3.21. The van der Waals surface area contributed by atoms with Crippen LogP contribution in [-0.2, 0) is 9.47 Å². The van der Waals surface area contributed by atoms with Crippen molar-refractivity contribution in [3.63, 3.8) is 0 Å². The Labute approximate surface area is 104 Å². The molecule has 1 atom stereocenters. The maximum absolute atomic E-state index is 6.06. The molecule has 1 saturated carbocycles. The van der Waals surface area contributed by atoms with Gasteiger partial charge < -0.3 is 14.8 Å². The Hall–Kier alpha value is -0.120. The molecule has 1 spiro atoms. The van der Waals surface area contributed by atoms with Crippen molar-refractivity contribution in [3.05, 3.63) is 0 Å². The molecule has 98 valence electrons. The van der Waals surface area contributed by atoms with E-state index in [1.165, 1.54) is 38.6 Å². The lowest BCUT2D eigenvalue weighted by Crippen LogP contribution is -2.50. The minimum Gasteiger partial charge on any atom is -0.381 e. The predicted octanol–water partition coefficient (Wildman–Crippen LogP) is 2.10. The number of hydrogen-bond donors (Lipinski definition) is 1. The second kappa shape index (κ2) is 5.25. The molecule has 3 fully saturated rings. The quantitative estimate of drug-likeness (QED) is 0.815. The molecule has 2 saturated heterocycles. The highest BCUT2D eigenvalue weighted by molar-refractivity contribution is 4.91. The zero-order chi connectivity index (χ0) is 11.6. The van der Waals surface area contributed by atoms with Crippen molar-refractivity contribution in [2.75, 3.05) is 26.4 Å². The summed E-state index contributed by atoms with van der Waals surface area (Å²) in [6, 6.07) is 0.681. The van der Waals surface area contributed by atoms with Crippen LogP contribution >= 0.6 is 0 Å². The van der Waals surface area contributed by atoms with Crippen LogP contribution in [0.3, 0.4) is 0 Å². The predicted molar refractivity (Wildman–Crippen MR) is 67.1 cm³/mol. The second-order valence-corrected chi connectivity index (χ2v) is 6.02. The van der Waals surface area contributed by atoms with Crippen molar-refractivity contribution in [1.82, 2.24) is 5.32 Å². The van der Waals surface area contributed by atoms with Crippen LogP contribution in [0.5, 0.6) is 0 Å². The van der Waals surface area contributed by atoms with E-state index < -0.39 is 0 Å². The maximum Gasteiger partial charge on any atom is 0.0741 e. The topological polar surface area (TPSA) is 30.5 Å². The zero-order valence-electron chi connectivity index (χ0n) is 10.7. The fraction of sp³-hybridized carbons (Fsp3) is 1.00. The summed E-state index contributed by atoms with van der Waals surface area (Å²) in [5, 5.41) is 3.74. The molecule has 3 nitrogen and oxygen atoms in total. The first-order valence-electron chi connectivity index (χ1n) is 7.31. The molecule has 17 heavy (non-hydrogen) atoms. The summed E-state index contributed by atoms with van der Waals surface area (Å²) < 4.78 is 11.5. The van der Waals surface area contributed by atoms with Gasteiger partial charge in [0.15, 0.2) is 0 Å². The summed E-state index contributed by atoms with van der Waals surface area (Å²) in [5.74, 6) is 1.04. The highest BCUT2D eigenvalue weighted by atomic mass is 16.5. The first-order chi connectivity index (χ1) is 8.36. The fourth-order valence-corrected chi connectivity index (χ4v) is 3.19. The molecular formula is C14H25NO2. The van der Waals surface area contributed by atoms with Crippen molar-refractivity contribution in [2.45, 2.75) is 56.6 Å². The molecule has 0 aromatic heterocycles. The summed E-state index contributed by atoms with van der Waals surface area (Å²) in [6.45, 7) is 3.91. The normalized spacial score (nSPS) is 32.8. The van der Waals surface area contributed by atoms with E-state index in [1.807, 2.05) is 0 Å². The number of rotatable bonds is 4. The van der Waals surface area contributed by atoms with Gasteiger partial charge >= 0.3 is 0 Å². The average Bonchev–Trinajstić information content (AvgIpc) is 3.14. The van der Waals surface area contributed by atoms with Crippen molar-refractivity contribution in [3.8, 4) is 0 Å². The lowest BCUT2D eigenvalue weighted by atomic mass is 9.84. The van der Waals surface area contributed by atoms with Gasteiger partial charge in [0.2, 0.25) is 0 Å². The SMILES string of the molecule is C(CC1CC1)NC1CCOC2(CCOCC2)C1. The minimum atomic E-state index is 0.147. The number of ether oxygens (including phenoxy) is 2. The van der Waals surface area contributed by atoms with Gasteiger partial charge in [-0.15, -0.1) is 0 Å². The Balaban J connectivity index is 1.44. The van der Waals surface area contributed by atoms with E-state index >= 15 is 0 Å². The third-order valence-corrected chi connectivity index (χ3v) is 4.58. The zero-order valence-corrected chi connectivity index (χ0v) is 10.7. The number of nitrogens with one attached hydrogen (secondary N) is 1. The Morgan fingerprint density at radius 1 is 1.06 bits per heavy atom. The molecule has 0 bridgehead atoms. The van der Waals surface area contributed by atoms with E-state index in [-0.39, 0.29) is 5.60 Å². The van der Waals surface area contributed by atoms with Gasteiger partial charge in [-0.05, 0) is 44.6 Å². The summed E-state index contributed by atoms with van der Waals surface area (Å²) in [6.07, 6.45) is 8.89. The summed E-state index contributed by atoms with van der Waals surface area (Å²) in [7, 11) is 0. The monoisotopic (exact) mass is 239 g/mol. The third-order valence-electron chi connectivity index (χ3n) is 4.58. The van der Waals surface area contributed by atoms with E-state index in [4.69, 9.17) is 9.47 Å². The van der Waals surface area contributed by atoms with Crippen molar-refractivity contribution < 1.29 is 9.47 Å². The molecule has 1 aliphatic carbocycles. The van der Waals surface area contributed by atoms with E-state index in [2.05, 4.69) is 5.32 Å². The van der Waals surface area contributed by atoms with E-state index in [1.54, 1.807) is 0 Å². The van der Waals surface area contributed by atoms with E-state index in [9.17, 15) is 0 Å². The molecule has 3 aliphatic rings. The molecule has 1 N–H and O–H groups in total. The molecule has 3 heteroatoms. The summed E-state index contributed by atoms with van der Waals surface area (Å²) in [4.78, 5) is 0. The van der Waals surface area contributed by atoms with Gasteiger partial charge in [0.1, 0.15) is 0 Å². The van der Waals surface area contributed by atoms with Crippen LogP contribution in [0.2, 0.25) is 0 Å². The van der Waals surface area contributed by atoms with E-state index in [0.717, 1.165) is 38.6 Å². The molecule has 0 aromatic rings. The van der Waals surface area contributed by atoms with Gasteiger partial charge in [0.05, 0.1) is 5.60 Å². The largest absolute Gasteiger partial charge is 0.381 e. The Bertz CT molecular complexity index is 241. The lowest BCUT2D eigenvalue weighted by molar-refractivity contribution is -0.140. The van der Waals surface area contributed by atoms with Crippen LogP contribution in [0.15, 0.2) is 0 Å². The van der Waals surface area contributed by atoms with Crippen LogP contribution in [0.1, 0.15) is 44.9 Å². The minimum absolute atomic E-state index is 0.147. The summed E-state index contributed by atoms with van der Waals surface area (Å²) >= 11 is 0. The molecule has 0 amide bonds. The van der Waals surface area contributed by atoms with Crippen molar-refractivity contribution >= 4 is 0 Å². The smallest absolute Gasteiger partial charge is 0.0741 e. The number of hydrogen-bond acceptors (Lipinski definition) is 3. The van der Waals surface area contributed by atoms with Gasteiger partial charge in [0.25, 0.3) is 0 Å². The van der Waals surface area contributed by atoms with Gasteiger partial charge in [-0.1, -0.05) is 12.8 Å². The average molecular weight is 239 g/mol. The standard InChI is InChI=1S/C14H25NO2/c1-2-12(1)3-7-15-13-4-8-17-14(11-13)5-9-16-10-6-14/h12-13,15H,1-11H2. The lowest BCUT2D eigenvalue weighted by Gasteiger charge is -2.43. The molecule has 3 rings (SSSR count). The van der Waals surface area contributed by atoms with Crippen molar-refractivity contribution in [1.29, 1.82) is 0 Å².